The maximum absolute atomic E-state index is 11.0. The lowest BCUT2D eigenvalue weighted by molar-refractivity contribution is -0.385. The molecule has 2 aromatic rings. The molecule has 0 spiro atoms. The van der Waals surface area contributed by atoms with Crippen molar-refractivity contribution in [3.05, 3.63) is 57.4 Å². The van der Waals surface area contributed by atoms with Gasteiger partial charge in [-0.3, -0.25) is 20.5 Å². The zero-order chi connectivity index (χ0) is 15.6. The molecule has 0 saturated carbocycles. The molecule has 1 aromatic carbocycles. The second-order valence-electron chi connectivity index (χ2n) is 4.55. The number of nitro groups is 1. The molecule has 0 unspecified atom stereocenters. The van der Waals surface area contributed by atoms with Crippen LogP contribution in [0.5, 0.6) is 11.5 Å². The molecular weight excluding hydrogens is 272 g/mol. The van der Waals surface area contributed by atoms with E-state index in [0.29, 0.717) is 16.9 Å². The van der Waals surface area contributed by atoms with Crippen molar-refractivity contribution in [1.29, 1.82) is 5.41 Å². The fourth-order valence-corrected chi connectivity index (χ4v) is 1.93. The van der Waals surface area contributed by atoms with Crippen molar-refractivity contribution >= 4 is 11.5 Å². The van der Waals surface area contributed by atoms with Gasteiger partial charge in [-0.25, -0.2) is 0 Å². The van der Waals surface area contributed by atoms with Gasteiger partial charge in [0.1, 0.15) is 11.6 Å². The fourth-order valence-electron chi connectivity index (χ4n) is 1.93. The van der Waals surface area contributed by atoms with E-state index in [4.69, 9.17) is 15.9 Å². The molecule has 108 valence electrons. The Morgan fingerprint density at radius 1 is 1.33 bits per heavy atom. The molecule has 0 aliphatic carbocycles. The normalized spacial score (nSPS) is 10.2. The molecule has 0 aliphatic heterocycles. The number of aryl methyl sites for hydroxylation is 2. The second kappa shape index (κ2) is 5.58. The number of nitrogen functional groups attached to an aromatic ring is 1. The number of aromatic nitrogens is 1. The van der Waals surface area contributed by atoms with Gasteiger partial charge in [0, 0.05) is 11.8 Å². The van der Waals surface area contributed by atoms with Crippen molar-refractivity contribution in [3.8, 4) is 11.5 Å². The van der Waals surface area contributed by atoms with Crippen molar-refractivity contribution < 1.29 is 9.66 Å². The Balaban J connectivity index is 2.47. The van der Waals surface area contributed by atoms with E-state index < -0.39 is 4.92 Å². The molecule has 1 aromatic heterocycles. The third-order valence-corrected chi connectivity index (χ3v) is 2.98. The summed E-state index contributed by atoms with van der Waals surface area (Å²) >= 11 is 0. The van der Waals surface area contributed by atoms with Gasteiger partial charge in [0.15, 0.2) is 5.75 Å². The molecule has 0 amide bonds. The van der Waals surface area contributed by atoms with Gasteiger partial charge in [-0.1, -0.05) is 0 Å². The Labute approximate surface area is 121 Å². The van der Waals surface area contributed by atoms with Crippen molar-refractivity contribution in [3.63, 3.8) is 0 Å². The monoisotopic (exact) mass is 286 g/mol. The number of rotatable bonds is 4. The van der Waals surface area contributed by atoms with Gasteiger partial charge in [0.2, 0.25) is 0 Å². The van der Waals surface area contributed by atoms with E-state index in [1.165, 1.54) is 18.5 Å². The average Bonchev–Trinajstić information content (AvgIpc) is 2.41. The maximum Gasteiger partial charge on any atom is 0.276 e. The molecule has 0 atom stereocenters. The van der Waals surface area contributed by atoms with Gasteiger partial charge in [-0.15, -0.1) is 0 Å². The predicted octanol–water partition coefficient (Wildman–Crippen LogP) is 2.68. The Hall–Kier alpha value is -2.96. The van der Waals surface area contributed by atoms with E-state index >= 15 is 0 Å². The molecule has 0 fully saturated rings. The van der Waals surface area contributed by atoms with Crippen LogP contribution in [0.15, 0.2) is 30.6 Å². The number of pyridine rings is 1. The van der Waals surface area contributed by atoms with Gasteiger partial charge in [-0.05, 0) is 31.5 Å². The van der Waals surface area contributed by atoms with Gasteiger partial charge >= 0.3 is 0 Å². The number of benzene rings is 1. The lowest BCUT2D eigenvalue weighted by Crippen LogP contribution is -2.12. The van der Waals surface area contributed by atoms with E-state index in [1.54, 1.807) is 26.0 Å². The molecule has 0 bridgehead atoms. The summed E-state index contributed by atoms with van der Waals surface area (Å²) in [4.78, 5) is 14.5. The molecular formula is C14H14N4O3. The lowest BCUT2D eigenvalue weighted by atomic mass is 10.1. The molecule has 7 heteroatoms. The average molecular weight is 286 g/mol. The Morgan fingerprint density at radius 3 is 2.67 bits per heavy atom. The summed E-state index contributed by atoms with van der Waals surface area (Å²) in [5, 5.41) is 18.5. The highest BCUT2D eigenvalue weighted by atomic mass is 16.6. The first-order valence-corrected chi connectivity index (χ1v) is 6.12. The Bertz CT molecular complexity index is 728. The van der Waals surface area contributed by atoms with Crippen LogP contribution >= 0.6 is 0 Å². The summed E-state index contributed by atoms with van der Waals surface area (Å²) in [7, 11) is 0. The number of nitrogens with zero attached hydrogens (tertiary/aromatic N) is 2. The standard InChI is InChI=1S/C14H14N4O3/c1-8-5-9(2)12(6-11(8)18(19)20)21-13-7-17-4-3-10(13)14(15)16/h3-7H,1-2H3,(H3,15,16). The van der Waals surface area contributed by atoms with Crippen LogP contribution in [-0.4, -0.2) is 15.7 Å². The summed E-state index contributed by atoms with van der Waals surface area (Å²) in [6, 6.07) is 4.59. The maximum atomic E-state index is 11.0. The third kappa shape index (κ3) is 2.97. The highest BCUT2D eigenvalue weighted by Crippen LogP contribution is 2.32. The fraction of sp³-hybridized carbons (Fsp3) is 0.143. The quantitative estimate of drug-likeness (QED) is 0.388. The highest BCUT2D eigenvalue weighted by Gasteiger charge is 2.16. The summed E-state index contributed by atoms with van der Waals surface area (Å²) in [5.41, 5.74) is 7.14. The minimum Gasteiger partial charge on any atom is -0.454 e. The van der Waals surface area contributed by atoms with E-state index in [9.17, 15) is 10.1 Å². The number of nitrogens with one attached hydrogen (secondary N) is 1. The van der Waals surface area contributed by atoms with E-state index in [1.807, 2.05) is 0 Å². The van der Waals surface area contributed by atoms with Gasteiger partial charge < -0.3 is 10.5 Å². The molecule has 3 N–H and O–H groups in total. The van der Waals surface area contributed by atoms with Crippen LogP contribution in [0.3, 0.4) is 0 Å². The molecule has 7 nitrogen and oxygen atoms in total. The highest BCUT2D eigenvalue weighted by molar-refractivity contribution is 5.97. The minimum atomic E-state index is -0.462. The zero-order valence-electron chi connectivity index (χ0n) is 11.6. The summed E-state index contributed by atoms with van der Waals surface area (Å²) < 4.78 is 5.66. The van der Waals surface area contributed by atoms with Crippen LogP contribution in [-0.2, 0) is 0 Å². The number of amidine groups is 1. The Morgan fingerprint density at radius 2 is 2.05 bits per heavy atom. The zero-order valence-corrected chi connectivity index (χ0v) is 11.6. The van der Waals surface area contributed by atoms with Crippen LogP contribution in [0.25, 0.3) is 0 Å². The minimum absolute atomic E-state index is 0.0242. The second-order valence-corrected chi connectivity index (χ2v) is 4.55. The molecule has 0 saturated heterocycles. The van der Waals surface area contributed by atoms with Crippen LogP contribution < -0.4 is 10.5 Å². The predicted molar refractivity (Wildman–Crippen MR) is 77.9 cm³/mol. The number of nitro benzene ring substituents is 1. The van der Waals surface area contributed by atoms with Gasteiger partial charge in [-0.2, -0.15) is 0 Å². The van der Waals surface area contributed by atoms with Crippen molar-refractivity contribution in [2.75, 3.05) is 0 Å². The topological polar surface area (TPSA) is 115 Å². The summed E-state index contributed by atoms with van der Waals surface area (Å²) in [6.07, 6.45) is 2.91. The number of nitrogens with two attached hydrogens (primary N) is 1. The molecule has 2 rings (SSSR count). The Kier molecular flexibility index (Phi) is 3.84. The lowest BCUT2D eigenvalue weighted by Gasteiger charge is -2.12. The molecule has 1 heterocycles. The van der Waals surface area contributed by atoms with Crippen molar-refractivity contribution in [2.45, 2.75) is 13.8 Å². The van der Waals surface area contributed by atoms with Gasteiger partial charge in [0.25, 0.3) is 5.69 Å². The van der Waals surface area contributed by atoms with Gasteiger partial charge in [0.05, 0.1) is 22.7 Å². The molecule has 0 aliphatic rings. The largest absolute Gasteiger partial charge is 0.454 e. The van der Waals surface area contributed by atoms with Crippen LogP contribution in [0.2, 0.25) is 0 Å². The smallest absolute Gasteiger partial charge is 0.276 e. The van der Waals surface area contributed by atoms with E-state index in [-0.39, 0.29) is 17.3 Å². The van der Waals surface area contributed by atoms with Crippen molar-refractivity contribution in [1.82, 2.24) is 4.98 Å². The third-order valence-electron chi connectivity index (χ3n) is 2.98. The summed E-state index contributed by atoms with van der Waals surface area (Å²) in [5.74, 6) is 0.459. The molecule has 21 heavy (non-hydrogen) atoms. The van der Waals surface area contributed by atoms with E-state index in [2.05, 4.69) is 4.98 Å². The SMILES string of the molecule is Cc1cc(C)c([N+](=O)[O-])cc1Oc1cnccc1C(=N)N. The first kappa shape index (κ1) is 14.4. The first-order valence-electron chi connectivity index (χ1n) is 6.12. The van der Waals surface area contributed by atoms with Crippen LogP contribution in [0, 0.1) is 29.4 Å². The number of hydrogen-bond acceptors (Lipinski definition) is 5. The molecule has 0 radical (unpaired) electrons. The van der Waals surface area contributed by atoms with Crippen LogP contribution in [0.4, 0.5) is 5.69 Å². The van der Waals surface area contributed by atoms with E-state index in [0.717, 1.165) is 5.56 Å². The number of hydrogen-bond donors (Lipinski definition) is 2. The van der Waals surface area contributed by atoms with Crippen molar-refractivity contribution in [2.24, 2.45) is 5.73 Å². The summed E-state index contributed by atoms with van der Waals surface area (Å²) in [6.45, 7) is 3.45. The first-order chi connectivity index (χ1) is 9.90. The van der Waals surface area contributed by atoms with Crippen LogP contribution in [0.1, 0.15) is 16.7 Å². The number of ether oxygens (including phenoxy) is 1.